The third kappa shape index (κ3) is 7.23. The Labute approximate surface area is 239 Å². The zero-order valence-electron chi connectivity index (χ0n) is 22.5. The number of aliphatic carboxylic acids is 2. The molecule has 218 valence electrons. The van der Waals surface area contributed by atoms with Crippen LogP contribution in [0.5, 0.6) is 23.1 Å². The van der Waals surface area contributed by atoms with Crippen LogP contribution in [0, 0.1) is 5.92 Å². The van der Waals surface area contributed by atoms with Crippen molar-refractivity contribution in [2.24, 2.45) is 5.92 Å². The van der Waals surface area contributed by atoms with Gasteiger partial charge in [-0.1, -0.05) is 6.92 Å². The molecule has 13 heteroatoms. The number of fused-ring (bicyclic) bond motifs is 2. The van der Waals surface area contributed by atoms with Crippen LogP contribution in [0.3, 0.4) is 0 Å². The Bertz CT molecular complexity index is 1480. The number of nitrogens with zero attached hydrogens (tertiary/aromatic N) is 2. The average molecular weight is 587 g/mol. The number of aromatic hydroxyl groups is 1. The SMILES string of the molecule is COc1cc2cc(C(=O)C[C@H](C)C(=O)O)sc2nc1OCCCOc1cc2c(cc1O)CN(C(=O)CCC(=O)O)C2. The number of amides is 1. The first-order valence-corrected chi connectivity index (χ1v) is 13.7. The highest BCUT2D eigenvalue weighted by Crippen LogP contribution is 2.36. The highest BCUT2D eigenvalue weighted by Gasteiger charge is 2.25. The van der Waals surface area contributed by atoms with Crippen LogP contribution in [-0.2, 0) is 27.5 Å². The first kappa shape index (κ1) is 29.6. The van der Waals surface area contributed by atoms with Crippen LogP contribution in [0.25, 0.3) is 10.2 Å². The number of benzene rings is 1. The first-order valence-electron chi connectivity index (χ1n) is 12.9. The van der Waals surface area contributed by atoms with E-state index in [1.54, 1.807) is 29.2 Å². The second kappa shape index (κ2) is 12.9. The predicted molar refractivity (Wildman–Crippen MR) is 147 cm³/mol. The van der Waals surface area contributed by atoms with Crippen molar-refractivity contribution in [2.75, 3.05) is 20.3 Å². The Balaban J connectivity index is 1.31. The summed E-state index contributed by atoms with van der Waals surface area (Å²) in [6.07, 6.45) is 0.0275. The smallest absolute Gasteiger partial charge is 0.306 e. The Morgan fingerprint density at radius 3 is 2.39 bits per heavy atom. The number of carboxylic acid groups (broad SMARTS) is 2. The lowest BCUT2D eigenvalue weighted by molar-refractivity contribution is -0.141. The molecule has 0 radical (unpaired) electrons. The van der Waals surface area contributed by atoms with Crippen molar-refractivity contribution >= 4 is 45.2 Å². The number of hydrogen-bond acceptors (Lipinski definition) is 10. The van der Waals surface area contributed by atoms with Crippen molar-refractivity contribution in [2.45, 2.75) is 45.7 Å². The maximum Gasteiger partial charge on any atom is 0.306 e. The summed E-state index contributed by atoms with van der Waals surface area (Å²) >= 11 is 1.16. The summed E-state index contributed by atoms with van der Waals surface area (Å²) in [6.45, 7) is 2.54. The van der Waals surface area contributed by atoms with Crippen LogP contribution < -0.4 is 14.2 Å². The number of aromatic nitrogens is 1. The highest BCUT2D eigenvalue weighted by molar-refractivity contribution is 7.20. The van der Waals surface area contributed by atoms with Gasteiger partial charge in [0.15, 0.2) is 23.0 Å². The number of carbonyl (C=O) groups excluding carboxylic acids is 2. The lowest BCUT2D eigenvalue weighted by Gasteiger charge is -2.14. The van der Waals surface area contributed by atoms with E-state index in [1.807, 2.05) is 0 Å². The van der Waals surface area contributed by atoms with E-state index in [4.69, 9.17) is 24.4 Å². The molecule has 41 heavy (non-hydrogen) atoms. The second-order valence-corrected chi connectivity index (χ2v) is 10.7. The third-order valence-corrected chi connectivity index (χ3v) is 7.63. The molecule has 0 bridgehead atoms. The van der Waals surface area contributed by atoms with Gasteiger partial charge in [0.1, 0.15) is 4.83 Å². The summed E-state index contributed by atoms with van der Waals surface area (Å²) in [6, 6.07) is 6.61. The molecule has 2 aromatic heterocycles. The molecule has 0 aliphatic carbocycles. The van der Waals surface area contributed by atoms with E-state index in [0.717, 1.165) is 22.5 Å². The van der Waals surface area contributed by atoms with Crippen LogP contribution >= 0.6 is 11.3 Å². The van der Waals surface area contributed by atoms with Gasteiger partial charge in [0.25, 0.3) is 5.88 Å². The topological polar surface area (TPSA) is 173 Å². The molecule has 1 aromatic carbocycles. The Morgan fingerprint density at radius 2 is 1.71 bits per heavy atom. The number of carbonyl (C=O) groups is 4. The number of thiophene rings is 1. The van der Waals surface area contributed by atoms with E-state index in [9.17, 15) is 24.3 Å². The number of hydrogen-bond donors (Lipinski definition) is 3. The minimum Gasteiger partial charge on any atom is -0.504 e. The summed E-state index contributed by atoms with van der Waals surface area (Å²) in [5.41, 5.74) is 1.61. The van der Waals surface area contributed by atoms with Crippen LogP contribution in [0.2, 0.25) is 0 Å². The summed E-state index contributed by atoms with van der Waals surface area (Å²) in [7, 11) is 1.48. The fourth-order valence-electron chi connectivity index (χ4n) is 4.28. The molecule has 12 nitrogen and oxygen atoms in total. The number of ketones is 1. The molecule has 3 aromatic rings. The van der Waals surface area contributed by atoms with E-state index in [-0.39, 0.29) is 61.5 Å². The van der Waals surface area contributed by atoms with E-state index in [2.05, 4.69) is 4.98 Å². The molecule has 3 N–H and O–H groups in total. The van der Waals surface area contributed by atoms with Gasteiger partial charge in [-0.25, -0.2) is 0 Å². The summed E-state index contributed by atoms with van der Waals surface area (Å²) in [5.74, 6) is -2.54. The van der Waals surface area contributed by atoms with E-state index in [1.165, 1.54) is 14.0 Å². The van der Waals surface area contributed by atoms with Gasteiger partial charge in [0.05, 0.1) is 37.5 Å². The molecule has 0 saturated heterocycles. The number of phenolic OH excluding ortho intramolecular Hbond substituents is 1. The fraction of sp³-hybridized carbons (Fsp3) is 0.393. The second-order valence-electron chi connectivity index (χ2n) is 9.65. The van der Waals surface area contributed by atoms with Crippen LogP contribution in [0.1, 0.15) is 53.4 Å². The van der Waals surface area contributed by atoms with Gasteiger partial charge >= 0.3 is 11.9 Å². The standard InChI is InChI=1S/C28H30N2O10S/c1-15(28(36)37)8-20(32)23-12-16-10-22(38-2)26(29-27(16)41-23)40-7-3-6-39-21-11-18-14-30(13-17(18)9-19(21)31)24(33)4-5-25(34)35/h9-12,15,31H,3-8,13-14H2,1-2H3,(H,34,35)(H,36,37)/t15-/m0/s1. The number of carboxylic acids is 2. The molecule has 0 fully saturated rings. The van der Waals surface area contributed by atoms with Gasteiger partial charge in [-0.15, -0.1) is 11.3 Å². The van der Waals surface area contributed by atoms with E-state index < -0.39 is 17.9 Å². The summed E-state index contributed by atoms with van der Waals surface area (Å²) in [5, 5.41) is 28.9. The number of ether oxygens (including phenoxy) is 3. The van der Waals surface area contributed by atoms with Crippen LogP contribution in [0.15, 0.2) is 24.3 Å². The summed E-state index contributed by atoms with van der Waals surface area (Å²) in [4.78, 5) is 53.6. The molecule has 1 amide bonds. The van der Waals surface area contributed by atoms with Gasteiger partial charge < -0.3 is 34.4 Å². The molecule has 1 atom stereocenters. The number of rotatable bonds is 14. The fourth-order valence-corrected chi connectivity index (χ4v) is 5.23. The zero-order chi connectivity index (χ0) is 29.7. The molecule has 0 spiro atoms. The van der Waals surface area contributed by atoms with Crippen molar-refractivity contribution in [1.82, 2.24) is 9.88 Å². The van der Waals surface area contributed by atoms with E-state index >= 15 is 0 Å². The van der Waals surface area contributed by atoms with Crippen molar-refractivity contribution in [3.8, 4) is 23.1 Å². The third-order valence-electron chi connectivity index (χ3n) is 6.54. The molecular weight excluding hydrogens is 556 g/mol. The van der Waals surface area contributed by atoms with Crippen molar-refractivity contribution in [3.05, 3.63) is 40.3 Å². The highest BCUT2D eigenvalue weighted by atomic mass is 32.1. The molecule has 0 unspecified atom stereocenters. The Hall–Kier alpha value is -4.39. The Kier molecular flexibility index (Phi) is 9.28. The van der Waals surface area contributed by atoms with Gasteiger partial charge in [-0.05, 0) is 35.4 Å². The zero-order valence-corrected chi connectivity index (χ0v) is 23.4. The molecule has 3 heterocycles. The van der Waals surface area contributed by atoms with Gasteiger partial charge in [0, 0.05) is 37.7 Å². The molecule has 1 aliphatic rings. The van der Waals surface area contributed by atoms with E-state index in [0.29, 0.717) is 40.4 Å². The predicted octanol–water partition coefficient (Wildman–Crippen LogP) is 3.86. The number of phenols is 1. The quantitative estimate of drug-likeness (QED) is 0.185. The van der Waals surface area contributed by atoms with Gasteiger partial charge in [0.2, 0.25) is 5.91 Å². The maximum absolute atomic E-state index is 12.5. The van der Waals surface area contributed by atoms with Gasteiger partial charge in [-0.3, -0.25) is 19.2 Å². The molecular formula is C28H30N2O10S. The normalized spacial score (nSPS) is 13.1. The number of pyridine rings is 1. The monoisotopic (exact) mass is 586 g/mol. The number of methoxy groups -OCH3 is 1. The first-order chi connectivity index (χ1) is 19.5. The van der Waals surface area contributed by atoms with Crippen molar-refractivity contribution < 1.29 is 48.7 Å². The largest absolute Gasteiger partial charge is 0.504 e. The molecule has 0 saturated carbocycles. The average Bonchev–Trinajstić information content (AvgIpc) is 3.54. The minimum absolute atomic E-state index is 0.0564. The van der Waals surface area contributed by atoms with Crippen LogP contribution in [0.4, 0.5) is 0 Å². The number of Topliss-reactive ketones (excluding diaryl/α,β-unsaturated/α-hetero) is 1. The molecule has 4 rings (SSSR count). The van der Waals surface area contributed by atoms with Crippen molar-refractivity contribution in [1.29, 1.82) is 0 Å². The van der Waals surface area contributed by atoms with Crippen molar-refractivity contribution in [3.63, 3.8) is 0 Å². The lowest BCUT2D eigenvalue weighted by Crippen LogP contribution is -2.25. The van der Waals surface area contributed by atoms with Crippen LogP contribution in [-0.4, -0.2) is 69.2 Å². The summed E-state index contributed by atoms with van der Waals surface area (Å²) < 4.78 is 16.9. The maximum atomic E-state index is 12.5. The molecule has 1 aliphatic heterocycles. The lowest BCUT2D eigenvalue weighted by atomic mass is 10.0. The Morgan fingerprint density at radius 1 is 1.00 bits per heavy atom. The van der Waals surface area contributed by atoms with Gasteiger partial charge in [-0.2, -0.15) is 4.98 Å². The minimum atomic E-state index is -1.03.